The molecule has 9 heteroatoms. The first-order chi connectivity index (χ1) is 16.1. The minimum absolute atomic E-state index is 0.0674. The van der Waals surface area contributed by atoms with Gasteiger partial charge in [-0.25, -0.2) is 4.98 Å². The Morgan fingerprint density at radius 3 is 2.70 bits per heavy atom. The van der Waals surface area contributed by atoms with E-state index in [1.165, 1.54) is 7.11 Å². The largest absolute Gasteiger partial charge is 0.496 e. The predicted octanol–water partition coefficient (Wildman–Crippen LogP) is 2.67. The molecule has 0 radical (unpaired) electrons. The van der Waals surface area contributed by atoms with E-state index in [1.54, 1.807) is 16.9 Å². The number of carbonyl (C=O) groups is 1. The van der Waals surface area contributed by atoms with Crippen LogP contribution in [0.2, 0.25) is 0 Å². The van der Waals surface area contributed by atoms with Gasteiger partial charge in [0.05, 0.1) is 31.8 Å². The summed E-state index contributed by atoms with van der Waals surface area (Å²) in [5, 5.41) is 16.5. The van der Waals surface area contributed by atoms with E-state index in [9.17, 15) is 9.90 Å². The predicted molar refractivity (Wildman–Crippen MR) is 122 cm³/mol. The zero-order chi connectivity index (χ0) is 22.9. The Bertz CT molecular complexity index is 1320. The van der Waals surface area contributed by atoms with Crippen molar-refractivity contribution in [3.05, 3.63) is 54.6 Å². The molecule has 4 aromatic rings. The van der Waals surface area contributed by atoms with E-state index >= 15 is 0 Å². The van der Waals surface area contributed by atoms with Crippen LogP contribution in [0.5, 0.6) is 11.5 Å². The quantitative estimate of drug-likeness (QED) is 0.431. The van der Waals surface area contributed by atoms with Crippen LogP contribution in [-0.4, -0.2) is 56.5 Å². The first-order valence-corrected chi connectivity index (χ1v) is 10.8. The van der Waals surface area contributed by atoms with Crippen LogP contribution >= 0.6 is 0 Å². The molecule has 170 valence electrons. The van der Waals surface area contributed by atoms with Gasteiger partial charge in [-0.1, -0.05) is 0 Å². The Kier molecular flexibility index (Phi) is 5.47. The maximum atomic E-state index is 12.9. The molecule has 1 fully saturated rings. The molecule has 9 nitrogen and oxygen atoms in total. The number of aromatic nitrogens is 4. The monoisotopic (exact) mass is 447 g/mol. The molecule has 0 unspecified atom stereocenters. The molecular formula is C24H25N5O4. The summed E-state index contributed by atoms with van der Waals surface area (Å²) >= 11 is 0. The lowest BCUT2D eigenvalue weighted by Gasteiger charge is -2.16. The minimum atomic E-state index is -0.243. The summed E-state index contributed by atoms with van der Waals surface area (Å²) in [6, 6.07) is 7.80. The highest BCUT2D eigenvalue weighted by Gasteiger charge is 2.28. The number of hydrogen-bond donors (Lipinski definition) is 2. The van der Waals surface area contributed by atoms with Gasteiger partial charge in [-0.15, -0.1) is 0 Å². The van der Waals surface area contributed by atoms with Crippen molar-refractivity contribution < 1.29 is 19.4 Å². The third kappa shape index (κ3) is 4.14. The summed E-state index contributed by atoms with van der Waals surface area (Å²) in [7, 11) is 3.41. The van der Waals surface area contributed by atoms with Crippen LogP contribution in [0.1, 0.15) is 23.2 Å². The van der Waals surface area contributed by atoms with Crippen LogP contribution in [0.4, 0.5) is 0 Å². The van der Waals surface area contributed by atoms with Crippen molar-refractivity contribution in [3.63, 3.8) is 0 Å². The first kappa shape index (κ1) is 21.0. The zero-order valence-electron chi connectivity index (χ0n) is 18.5. The van der Waals surface area contributed by atoms with Crippen molar-refractivity contribution in [2.45, 2.75) is 18.9 Å². The van der Waals surface area contributed by atoms with Gasteiger partial charge in [0.15, 0.2) is 0 Å². The van der Waals surface area contributed by atoms with Gasteiger partial charge < -0.3 is 19.9 Å². The Morgan fingerprint density at radius 2 is 2.00 bits per heavy atom. The van der Waals surface area contributed by atoms with E-state index in [-0.39, 0.29) is 25.2 Å². The topological polar surface area (TPSA) is 103 Å². The molecular weight excluding hydrogens is 422 g/mol. The zero-order valence-corrected chi connectivity index (χ0v) is 18.5. The standard InChI is InChI=1S/C24H25N5O4/c1-28-14-17(12-26-28)15-5-6-29-19(13-25-22(29)11-15)16-9-20(32-2)23(21(10-16)33-8-7-30)24(31)27-18-3-4-18/h5-6,9-14,18,30H,3-4,7-8H2,1-2H3,(H,27,31). The lowest BCUT2D eigenvalue weighted by Crippen LogP contribution is -2.26. The summed E-state index contributed by atoms with van der Waals surface area (Å²) < 4.78 is 15.1. The molecule has 33 heavy (non-hydrogen) atoms. The number of imidazole rings is 1. The number of carbonyl (C=O) groups excluding carboxylic acids is 1. The fourth-order valence-corrected chi connectivity index (χ4v) is 3.82. The summed E-state index contributed by atoms with van der Waals surface area (Å²) in [4.78, 5) is 17.5. The Morgan fingerprint density at radius 1 is 1.18 bits per heavy atom. The molecule has 0 spiro atoms. The number of hydrogen-bond acceptors (Lipinski definition) is 6. The van der Waals surface area contributed by atoms with Crippen molar-refractivity contribution in [3.8, 4) is 33.9 Å². The number of benzene rings is 1. The summed E-state index contributed by atoms with van der Waals surface area (Å²) in [5.74, 6) is 0.520. The van der Waals surface area contributed by atoms with Crippen molar-refractivity contribution in [1.29, 1.82) is 0 Å². The molecule has 1 saturated carbocycles. The summed E-state index contributed by atoms with van der Waals surface area (Å²) in [5.41, 5.74) is 4.74. The van der Waals surface area contributed by atoms with Crippen LogP contribution in [0.3, 0.4) is 0 Å². The molecule has 0 saturated heterocycles. The Balaban J connectivity index is 1.57. The smallest absolute Gasteiger partial charge is 0.259 e. The highest BCUT2D eigenvalue weighted by atomic mass is 16.5. The highest BCUT2D eigenvalue weighted by Crippen LogP contribution is 2.36. The number of methoxy groups -OCH3 is 1. The molecule has 5 rings (SSSR count). The molecule has 3 heterocycles. The van der Waals surface area contributed by atoms with Gasteiger partial charge in [0.25, 0.3) is 5.91 Å². The van der Waals surface area contributed by atoms with E-state index in [2.05, 4.69) is 15.4 Å². The van der Waals surface area contributed by atoms with Gasteiger partial charge in [0, 0.05) is 36.6 Å². The van der Waals surface area contributed by atoms with E-state index in [4.69, 9.17) is 9.47 Å². The van der Waals surface area contributed by atoms with Crippen LogP contribution in [0.15, 0.2) is 49.1 Å². The second-order valence-corrected chi connectivity index (χ2v) is 8.06. The van der Waals surface area contributed by atoms with Crippen LogP contribution in [0, 0.1) is 0 Å². The summed E-state index contributed by atoms with van der Waals surface area (Å²) in [6.07, 6.45) is 9.45. The van der Waals surface area contributed by atoms with E-state index in [1.807, 2.05) is 48.2 Å². The van der Waals surface area contributed by atoms with Gasteiger partial charge >= 0.3 is 0 Å². The Hall–Kier alpha value is -3.85. The molecule has 2 N–H and O–H groups in total. The third-order valence-corrected chi connectivity index (χ3v) is 5.62. The number of ether oxygens (including phenoxy) is 2. The molecule has 0 aliphatic heterocycles. The molecule has 1 aromatic carbocycles. The average Bonchev–Trinajstić information content (AvgIpc) is 3.36. The SMILES string of the molecule is COc1cc(-c2cnc3cc(-c4cnn(C)c4)ccn23)cc(OCCO)c1C(=O)NC1CC1. The lowest BCUT2D eigenvalue weighted by atomic mass is 10.1. The fourth-order valence-electron chi connectivity index (χ4n) is 3.82. The average molecular weight is 447 g/mol. The number of fused-ring (bicyclic) bond motifs is 1. The van der Waals surface area contributed by atoms with Crippen molar-refractivity contribution >= 4 is 11.6 Å². The number of amides is 1. The summed E-state index contributed by atoms with van der Waals surface area (Å²) in [6.45, 7) is -0.0963. The van der Waals surface area contributed by atoms with Crippen LogP contribution < -0.4 is 14.8 Å². The molecule has 3 aromatic heterocycles. The number of aliphatic hydroxyl groups excluding tert-OH is 1. The first-order valence-electron chi connectivity index (χ1n) is 10.8. The molecule has 1 amide bonds. The third-order valence-electron chi connectivity index (χ3n) is 5.62. The van der Waals surface area contributed by atoms with Gasteiger partial charge in [-0.2, -0.15) is 5.10 Å². The molecule has 1 aliphatic carbocycles. The number of nitrogens with zero attached hydrogens (tertiary/aromatic N) is 4. The van der Waals surface area contributed by atoms with Gasteiger partial charge in [0.1, 0.15) is 29.3 Å². The lowest BCUT2D eigenvalue weighted by molar-refractivity contribution is 0.0942. The number of nitrogens with one attached hydrogen (secondary N) is 1. The van der Waals surface area contributed by atoms with Gasteiger partial charge in [-0.05, 0) is 42.7 Å². The normalized spacial score (nSPS) is 13.3. The van der Waals surface area contributed by atoms with E-state index in [0.29, 0.717) is 17.1 Å². The number of pyridine rings is 1. The molecule has 0 bridgehead atoms. The fraction of sp³-hybridized carbons (Fsp3) is 0.292. The number of aliphatic hydroxyl groups is 1. The second kappa shape index (κ2) is 8.59. The Labute approximate surface area is 190 Å². The number of rotatable bonds is 8. The van der Waals surface area contributed by atoms with Gasteiger partial charge in [0.2, 0.25) is 0 Å². The number of aryl methyl sites for hydroxylation is 1. The molecule has 0 atom stereocenters. The van der Waals surface area contributed by atoms with E-state index < -0.39 is 0 Å². The highest BCUT2D eigenvalue weighted by molar-refractivity contribution is 6.01. The maximum absolute atomic E-state index is 12.9. The van der Waals surface area contributed by atoms with E-state index in [0.717, 1.165) is 40.9 Å². The van der Waals surface area contributed by atoms with Crippen molar-refractivity contribution in [1.82, 2.24) is 24.5 Å². The van der Waals surface area contributed by atoms with Crippen LogP contribution in [-0.2, 0) is 7.05 Å². The minimum Gasteiger partial charge on any atom is -0.496 e. The van der Waals surface area contributed by atoms with Crippen molar-refractivity contribution in [2.24, 2.45) is 7.05 Å². The van der Waals surface area contributed by atoms with Crippen LogP contribution in [0.25, 0.3) is 28.0 Å². The van der Waals surface area contributed by atoms with Crippen molar-refractivity contribution in [2.75, 3.05) is 20.3 Å². The second-order valence-electron chi connectivity index (χ2n) is 8.06. The molecule has 1 aliphatic rings. The van der Waals surface area contributed by atoms with Gasteiger partial charge in [-0.3, -0.25) is 13.9 Å². The maximum Gasteiger partial charge on any atom is 0.259 e.